The molecule has 3 nitrogen and oxygen atoms in total. The largest absolute Gasteiger partial charge is 0.335 e. The van der Waals surface area contributed by atoms with Crippen molar-refractivity contribution in [2.75, 3.05) is 0 Å². The molecule has 17 heavy (non-hydrogen) atoms. The van der Waals surface area contributed by atoms with Gasteiger partial charge < -0.3 is 4.57 Å². The Morgan fingerprint density at radius 3 is 2.88 bits per heavy atom. The van der Waals surface area contributed by atoms with E-state index in [9.17, 15) is 4.79 Å². The van der Waals surface area contributed by atoms with Gasteiger partial charge in [-0.15, -0.1) is 11.3 Å². The number of aromatic nitrogens is 2. The third-order valence-corrected chi connectivity index (χ3v) is 5.68. The topological polar surface area (TPSA) is 34.9 Å². The lowest BCUT2D eigenvalue weighted by Gasteiger charge is -2.02. The zero-order valence-corrected chi connectivity index (χ0v) is 13.1. The van der Waals surface area contributed by atoms with Crippen LogP contribution in [0.4, 0.5) is 0 Å². The highest BCUT2D eigenvalue weighted by molar-refractivity contribution is 9.13. The number of aryl methyl sites for hydroxylation is 1. The summed E-state index contributed by atoms with van der Waals surface area (Å²) in [5, 5.41) is 0. The summed E-state index contributed by atoms with van der Waals surface area (Å²) in [5.74, 6) is 0.917. The molecular formula is C11H10Br2N2OS. The number of nitrogens with zero attached hydrogens (tertiary/aromatic N) is 2. The van der Waals surface area contributed by atoms with Crippen LogP contribution in [0.5, 0.6) is 0 Å². The molecule has 0 aliphatic heterocycles. The number of imidazole rings is 1. The SMILES string of the molecule is CCn1ccnc1CC(=O)c1cc(Br)c(Br)s1. The Bertz CT molecular complexity index is 528. The smallest absolute Gasteiger partial charge is 0.180 e. The first kappa shape index (κ1) is 13.0. The average molecular weight is 378 g/mol. The van der Waals surface area contributed by atoms with E-state index in [0.717, 1.165) is 25.5 Å². The van der Waals surface area contributed by atoms with Crippen LogP contribution in [0.15, 0.2) is 26.7 Å². The lowest BCUT2D eigenvalue weighted by molar-refractivity contribution is 0.0993. The molecule has 2 aromatic rings. The average Bonchev–Trinajstić information content (AvgIpc) is 2.86. The first-order chi connectivity index (χ1) is 8.11. The molecule has 0 aliphatic carbocycles. The number of rotatable bonds is 4. The Morgan fingerprint density at radius 2 is 2.29 bits per heavy atom. The minimum atomic E-state index is 0.0994. The summed E-state index contributed by atoms with van der Waals surface area (Å²) in [7, 11) is 0. The fourth-order valence-electron chi connectivity index (χ4n) is 1.51. The van der Waals surface area contributed by atoms with E-state index in [1.54, 1.807) is 6.20 Å². The van der Waals surface area contributed by atoms with E-state index in [4.69, 9.17) is 0 Å². The van der Waals surface area contributed by atoms with Crippen molar-refractivity contribution in [3.8, 4) is 0 Å². The predicted molar refractivity (Wildman–Crippen MR) is 75.7 cm³/mol. The Hall–Kier alpha value is -0.460. The standard InChI is InChI=1S/C11H10Br2N2OS/c1-2-15-4-3-14-10(15)6-8(16)9-5-7(12)11(13)17-9/h3-5H,2,6H2,1H3. The molecule has 2 aromatic heterocycles. The third kappa shape index (κ3) is 2.86. The van der Waals surface area contributed by atoms with Crippen LogP contribution < -0.4 is 0 Å². The maximum atomic E-state index is 12.1. The van der Waals surface area contributed by atoms with Crippen molar-refractivity contribution in [1.29, 1.82) is 0 Å². The summed E-state index contributed by atoms with van der Waals surface area (Å²) >= 11 is 8.21. The summed E-state index contributed by atoms with van der Waals surface area (Å²) in [6, 6.07) is 1.84. The Morgan fingerprint density at radius 1 is 1.53 bits per heavy atom. The molecule has 0 N–H and O–H groups in total. The van der Waals surface area contributed by atoms with E-state index >= 15 is 0 Å². The third-order valence-electron chi connectivity index (χ3n) is 2.38. The molecule has 0 atom stereocenters. The van der Waals surface area contributed by atoms with Crippen LogP contribution in [-0.2, 0) is 13.0 Å². The van der Waals surface area contributed by atoms with Gasteiger partial charge in [-0.05, 0) is 44.8 Å². The van der Waals surface area contributed by atoms with Crippen molar-refractivity contribution in [2.24, 2.45) is 0 Å². The van der Waals surface area contributed by atoms with Gasteiger partial charge in [0.15, 0.2) is 5.78 Å². The van der Waals surface area contributed by atoms with Gasteiger partial charge >= 0.3 is 0 Å². The fraction of sp³-hybridized carbons (Fsp3) is 0.273. The molecule has 0 aromatic carbocycles. The lowest BCUT2D eigenvalue weighted by atomic mass is 10.2. The van der Waals surface area contributed by atoms with Gasteiger partial charge in [-0.2, -0.15) is 0 Å². The second-order valence-electron chi connectivity index (χ2n) is 3.46. The summed E-state index contributed by atoms with van der Waals surface area (Å²) in [4.78, 5) is 17.0. The molecule has 0 saturated heterocycles. The molecule has 2 rings (SSSR count). The van der Waals surface area contributed by atoms with Crippen molar-refractivity contribution in [3.63, 3.8) is 0 Å². The van der Waals surface area contributed by atoms with Crippen LogP contribution in [-0.4, -0.2) is 15.3 Å². The normalized spacial score (nSPS) is 10.8. The lowest BCUT2D eigenvalue weighted by Crippen LogP contribution is -2.08. The number of Topliss-reactive ketones (excluding diaryl/α,β-unsaturated/α-hetero) is 1. The second kappa shape index (κ2) is 5.46. The zero-order valence-electron chi connectivity index (χ0n) is 9.11. The van der Waals surface area contributed by atoms with Crippen molar-refractivity contribution in [2.45, 2.75) is 19.9 Å². The van der Waals surface area contributed by atoms with Crippen molar-refractivity contribution in [3.05, 3.63) is 37.4 Å². The molecule has 0 aliphatic rings. The van der Waals surface area contributed by atoms with E-state index in [0.29, 0.717) is 6.42 Å². The van der Waals surface area contributed by atoms with E-state index < -0.39 is 0 Å². The summed E-state index contributed by atoms with van der Waals surface area (Å²) < 4.78 is 3.85. The van der Waals surface area contributed by atoms with Gasteiger partial charge in [-0.1, -0.05) is 0 Å². The van der Waals surface area contributed by atoms with Crippen molar-refractivity contribution in [1.82, 2.24) is 9.55 Å². The predicted octanol–water partition coefficient (Wildman–Crippen LogP) is 3.91. The second-order valence-corrected chi connectivity index (χ2v) is 6.69. The summed E-state index contributed by atoms with van der Waals surface area (Å²) in [6.07, 6.45) is 3.97. The van der Waals surface area contributed by atoms with Crippen molar-refractivity contribution < 1.29 is 4.79 Å². The molecular weight excluding hydrogens is 368 g/mol. The maximum absolute atomic E-state index is 12.1. The van der Waals surface area contributed by atoms with E-state index in [1.165, 1.54) is 11.3 Å². The van der Waals surface area contributed by atoms with Gasteiger partial charge in [0, 0.05) is 23.4 Å². The summed E-state index contributed by atoms with van der Waals surface area (Å²) in [6.45, 7) is 2.87. The summed E-state index contributed by atoms with van der Waals surface area (Å²) in [5.41, 5.74) is 0. The van der Waals surface area contributed by atoms with Gasteiger partial charge in [-0.3, -0.25) is 4.79 Å². The van der Waals surface area contributed by atoms with Crippen LogP contribution in [0.1, 0.15) is 22.4 Å². The van der Waals surface area contributed by atoms with Crippen LogP contribution in [0, 0.1) is 0 Å². The van der Waals surface area contributed by atoms with Crippen molar-refractivity contribution >= 4 is 49.0 Å². The number of hydrogen-bond donors (Lipinski definition) is 0. The molecule has 0 amide bonds. The first-order valence-corrected chi connectivity index (χ1v) is 7.50. The minimum Gasteiger partial charge on any atom is -0.335 e. The molecule has 6 heteroatoms. The minimum absolute atomic E-state index is 0.0994. The Kier molecular flexibility index (Phi) is 4.17. The molecule has 0 fully saturated rings. The highest BCUT2D eigenvalue weighted by atomic mass is 79.9. The molecule has 0 saturated carbocycles. The molecule has 90 valence electrons. The van der Waals surface area contributed by atoms with Gasteiger partial charge in [0.2, 0.25) is 0 Å². The van der Waals surface area contributed by atoms with E-state index in [2.05, 4.69) is 36.8 Å². The van der Waals surface area contributed by atoms with Crippen LogP contribution in [0.3, 0.4) is 0 Å². The highest BCUT2D eigenvalue weighted by Gasteiger charge is 2.14. The molecule has 0 radical (unpaired) electrons. The number of hydrogen-bond acceptors (Lipinski definition) is 3. The number of carbonyl (C=O) groups is 1. The number of carbonyl (C=O) groups excluding carboxylic acids is 1. The van der Waals surface area contributed by atoms with Crippen LogP contribution in [0.2, 0.25) is 0 Å². The number of thiophene rings is 1. The van der Waals surface area contributed by atoms with Gasteiger partial charge in [0.05, 0.1) is 15.1 Å². The highest BCUT2D eigenvalue weighted by Crippen LogP contribution is 2.32. The monoisotopic (exact) mass is 376 g/mol. The van der Waals surface area contributed by atoms with Gasteiger partial charge in [-0.25, -0.2) is 4.98 Å². The Labute approximate surface area is 120 Å². The molecule has 2 heterocycles. The van der Waals surface area contributed by atoms with Crippen LogP contribution >= 0.6 is 43.2 Å². The number of ketones is 1. The molecule has 0 bridgehead atoms. The van der Waals surface area contributed by atoms with E-state index in [1.807, 2.05) is 23.8 Å². The van der Waals surface area contributed by atoms with E-state index in [-0.39, 0.29) is 5.78 Å². The fourth-order valence-corrected chi connectivity index (χ4v) is 3.48. The van der Waals surface area contributed by atoms with Gasteiger partial charge in [0.25, 0.3) is 0 Å². The Balaban J connectivity index is 2.17. The number of halogens is 2. The molecule has 0 unspecified atom stereocenters. The first-order valence-electron chi connectivity index (χ1n) is 5.10. The molecule has 0 spiro atoms. The quantitative estimate of drug-likeness (QED) is 0.757. The van der Waals surface area contributed by atoms with Crippen LogP contribution in [0.25, 0.3) is 0 Å². The van der Waals surface area contributed by atoms with Gasteiger partial charge in [0.1, 0.15) is 5.82 Å². The zero-order chi connectivity index (χ0) is 12.4. The maximum Gasteiger partial charge on any atom is 0.180 e.